The first kappa shape index (κ1) is 41.4. The van der Waals surface area contributed by atoms with Crippen LogP contribution in [-0.4, -0.2) is 0 Å². The van der Waals surface area contributed by atoms with Gasteiger partial charge in [0, 0.05) is 32.9 Å². The molecule has 356 valence electrons. The van der Waals surface area contributed by atoms with Crippen LogP contribution in [0.5, 0.6) is 0 Å². The quantitative estimate of drug-likeness (QED) is 0.176. The van der Waals surface area contributed by atoms with Crippen molar-refractivity contribution in [2.24, 2.45) is 0 Å². The molecular formula is C74H43NO2. The molecule has 0 saturated carbocycles. The molecule has 1 atom stereocenters. The molecule has 0 fully saturated rings. The third-order valence-electron chi connectivity index (χ3n) is 17.9. The first-order chi connectivity index (χ1) is 38.2. The highest BCUT2D eigenvalue weighted by atomic mass is 16.3. The van der Waals surface area contributed by atoms with Crippen molar-refractivity contribution in [3.05, 3.63) is 305 Å². The Hall–Kier alpha value is -9.96. The Bertz CT molecular complexity index is 4840. The molecular weight excluding hydrogens is 935 g/mol. The van der Waals surface area contributed by atoms with Gasteiger partial charge in [0.1, 0.15) is 16.7 Å². The van der Waals surface area contributed by atoms with Gasteiger partial charge in [0.2, 0.25) is 0 Å². The zero-order valence-corrected chi connectivity index (χ0v) is 41.6. The van der Waals surface area contributed by atoms with E-state index >= 15 is 0 Å². The molecule has 0 amide bonds. The first-order valence-corrected chi connectivity index (χ1v) is 26.7. The molecule has 18 rings (SSSR count). The molecule has 12 aromatic carbocycles. The van der Waals surface area contributed by atoms with Crippen LogP contribution in [0.15, 0.2) is 270 Å². The Morgan fingerprint density at radius 3 is 1.35 bits per heavy atom. The van der Waals surface area contributed by atoms with Crippen LogP contribution in [0.25, 0.3) is 99.5 Å². The topological polar surface area (TPSA) is 29.5 Å². The Labute approximate surface area is 444 Å². The summed E-state index contributed by atoms with van der Waals surface area (Å²) in [5.41, 5.74) is 28.0. The molecule has 2 heterocycles. The molecule has 4 aliphatic carbocycles. The molecule has 4 aliphatic rings. The summed E-state index contributed by atoms with van der Waals surface area (Å²) in [5, 5.41) is 4.53. The summed E-state index contributed by atoms with van der Waals surface area (Å²) in [6.45, 7) is 0. The SMILES string of the molecule is c1ccc(-c2ccc(N(c3ccc4c(c3)C3(c5ccccc5-4)c4ccccc4-c4c3ccc3oc5ccccc5c43)c3cc4c(c5c3oc3ccccc35)-c3ccccc3C43c4ccccc4-c4ccccc43)cc2)cc1. The van der Waals surface area contributed by atoms with Crippen LogP contribution in [-0.2, 0) is 10.8 Å². The first-order valence-electron chi connectivity index (χ1n) is 26.7. The average Bonchev–Trinajstić information content (AvgIpc) is 4.47. The maximum absolute atomic E-state index is 7.38. The third-order valence-corrected chi connectivity index (χ3v) is 17.9. The van der Waals surface area contributed by atoms with Crippen LogP contribution in [0, 0.1) is 0 Å². The molecule has 0 N–H and O–H groups in total. The molecule has 0 radical (unpaired) electrons. The van der Waals surface area contributed by atoms with E-state index in [4.69, 9.17) is 8.83 Å². The number of fused-ring (bicyclic) bond motifs is 28. The van der Waals surface area contributed by atoms with Crippen molar-refractivity contribution in [2.75, 3.05) is 4.90 Å². The summed E-state index contributed by atoms with van der Waals surface area (Å²) in [7, 11) is 0. The average molecular weight is 978 g/mol. The third kappa shape index (κ3) is 5.07. The van der Waals surface area contributed by atoms with E-state index in [-0.39, 0.29) is 0 Å². The number of rotatable bonds is 4. The molecule has 0 bridgehead atoms. The number of hydrogen-bond acceptors (Lipinski definition) is 3. The van der Waals surface area contributed by atoms with Gasteiger partial charge in [0.15, 0.2) is 5.58 Å². The van der Waals surface area contributed by atoms with E-state index in [1.807, 2.05) is 0 Å². The Kier molecular flexibility index (Phi) is 8.00. The summed E-state index contributed by atoms with van der Waals surface area (Å²) in [6, 6.07) is 96.8. The predicted molar refractivity (Wildman–Crippen MR) is 314 cm³/mol. The minimum atomic E-state index is -0.626. The van der Waals surface area contributed by atoms with Crippen molar-refractivity contribution in [2.45, 2.75) is 10.8 Å². The van der Waals surface area contributed by atoms with E-state index in [2.05, 4.69) is 266 Å². The smallest absolute Gasteiger partial charge is 0.160 e. The zero-order valence-electron chi connectivity index (χ0n) is 41.6. The van der Waals surface area contributed by atoms with Crippen molar-refractivity contribution >= 4 is 60.9 Å². The van der Waals surface area contributed by atoms with Crippen molar-refractivity contribution in [3.63, 3.8) is 0 Å². The van der Waals surface area contributed by atoms with Crippen molar-refractivity contribution in [1.29, 1.82) is 0 Å². The minimum absolute atomic E-state index is 0.591. The minimum Gasteiger partial charge on any atom is -0.456 e. The van der Waals surface area contributed by atoms with Gasteiger partial charge in [-0.2, -0.15) is 0 Å². The highest BCUT2D eigenvalue weighted by Crippen LogP contribution is 2.67. The van der Waals surface area contributed by atoms with Crippen LogP contribution >= 0.6 is 0 Å². The fraction of sp³-hybridized carbons (Fsp3) is 0.0270. The lowest BCUT2D eigenvalue weighted by molar-refractivity contribution is 0.668. The van der Waals surface area contributed by atoms with Crippen molar-refractivity contribution in [1.82, 2.24) is 0 Å². The second-order valence-corrected chi connectivity index (χ2v) is 21.3. The molecule has 0 saturated heterocycles. The van der Waals surface area contributed by atoms with Gasteiger partial charge in [-0.1, -0.05) is 212 Å². The zero-order chi connectivity index (χ0) is 50.1. The van der Waals surface area contributed by atoms with E-state index in [0.29, 0.717) is 0 Å². The van der Waals surface area contributed by atoms with Crippen LogP contribution in [0.3, 0.4) is 0 Å². The predicted octanol–water partition coefficient (Wildman–Crippen LogP) is 19.3. The molecule has 2 aromatic heterocycles. The fourth-order valence-electron chi connectivity index (χ4n) is 15.0. The largest absolute Gasteiger partial charge is 0.456 e. The molecule has 3 nitrogen and oxygen atoms in total. The van der Waals surface area contributed by atoms with E-state index < -0.39 is 10.8 Å². The maximum Gasteiger partial charge on any atom is 0.160 e. The summed E-state index contributed by atoms with van der Waals surface area (Å²) in [4.78, 5) is 2.49. The molecule has 0 aliphatic heterocycles. The second-order valence-electron chi connectivity index (χ2n) is 21.3. The molecule has 1 unspecified atom stereocenters. The standard InChI is InChI=1S/C74H43NO2/c1-2-18-44(19-3-1)45-34-36-46(37-35-45)75(47-38-39-51-50-22-6-13-29-58(50)74(62(51)42-47)60-31-15-7-23-52(60)68-61(74)40-41-67-70(68)54-25-9-16-32-65(54)76-67)64-43-63-69(71-55-26-10-17-33-66(55)77-72(64)71)53-24-8-14-30-59(53)73(63)56-27-11-4-20-48(56)49-21-5-12-28-57(49)73/h1-43H. The van der Waals surface area contributed by atoms with Crippen molar-refractivity contribution < 1.29 is 8.83 Å². The van der Waals surface area contributed by atoms with Gasteiger partial charge in [-0.3, -0.25) is 0 Å². The summed E-state index contributed by atoms with van der Waals surface area (Å²) < 4.78 is 14.0. The van der Waals surface area contributed by atoms with Gasteiger partial charge in [0.25, 0.3) is 0 Å². The lowest BCUT2D eigenvalue weighted by atomic mass is 9.70. The van der Waals surface area contributed by atoms with Crippen LogP contribution in [0.2, 0.25) is 0 Å². The van der Waals surface area contributed by atoms with Gasteiger partial charge in [-0.25, -0.2) is 0 Å². The molecule has 77 heavy (non-hydrogen) atoms. The lowest BCUT2D eigenvalue weighted by Crippen LogP contribution is -2.26. The summed E-state index contributed by atoms with van der Waals surface area (Å²) in [6.07, 6.45) is 0. The lowest BCUT2D eigenvalue weighted by Gasteiger charge is -2.33. The van der Waals surface area contributed by atoms with E-state index in [1.165, 1.54) is 100.0 Å². The number of furan rings is 2. The normalized spacial score (nSPS) is 15.4. The number of anilines is 3. The van der Waals surface area contributed by atoms with Gasteiger partial charge in [-0.05, 0) is 149 Å². The molecule has 3 heteroatoms. The monoisotopic (exact) mass is 977 g/mol. The Balaban J connectivity index is 0.966. The van der Waals surface area contributed by atoms with Crippen LogP contribution < -0.4 is 4.90 Å². The number of benzene rings is 12. The highest BCUT2D eigenvalue weighted by Gasteiger charge is 2.54. The summed E-state index contributed by atoms with van der Waals surface area (Å²) >= 11 is 0. The Morgan fingerprint density at radius 2 is 0.727 bits per heavy atom. The number of nitrogens with zero attached hydrogens (tertiary/aromatic N) is 1. The Morgan fingerprint density at radius 1 is 0.273 bits per heavy atom. The van der Waals surface area contributed by atoms with E-state index in [0.717, 1.165) is 61.1 Å². The van der Waals surface area contributed by atoms with Crippen LogP contribution in [0.1, 0.15) is 44.5 Å². The van der Waals surface area contributed by atoms with Gasteiger partial charge < -0.3 is 13.7 Å². The number of para-hydroxylation sites is 2. The van der Waals surface area contributed by atoms with E-state index in [1.54, 1.807) is 0 Å². The van der Waals surface area contributed by atoms with E-state index in [9.17, 15) is 0 Å². The molecule has 14 aromatic rings. The van der Waals surface area contributed by atoms with Crippen molar-refractivity contribution in [3.8, 4) is 55.6 Å². The van der Waals surface area contributed by atoms with Gasteiger partial charge in [-0.15, -0.1) is 0 Å². The number of hydrogen-bond donors (Lipinski definition) is 0. The maximum atomic E-state index is 7.38. The highest BCUT2D eigenvalue weighted by molar-refractivity contribution is 6.21. The molecule has 2 spiro atoms. The second kappa shape index (κ2) is 14.9. The fourth-order valence-corrected chi connectivity index (χ4v) is 15.0. The summed E-state index contributed by atoms with van der Waals surface area (Å²) in [5.74, 6) is 0. The van der Waals surface area contributed by atoms with Gasteiger partial charge in [0.05, 0.1) is 16.5 Å². The van der Waals surface area contributed by atoms with Gasteiger partial charge >= 0.3 is 0 Å². The van der Waals surface area contributed by atoms with Crippen LogP contribution in [0.4, 0.5) is 17.1 Å².